The molecule has 0 saturated heterocycles. The van der Waals surface area contributed by atoms with Gasteiger partial charge in [-0.2, -0.15) is 0 Å². The molecule has 0 aliphatic heterocycles. The highest BCUT2D eigenvalue weighted by Crippen LogP contribution is 2.62. The molecule has 0 amide bonds. The molecule has 2 heteroatoms. The van der Waals surface area contributed by atoms with E-state index in [0.717, 1.165) is 30.4 Å². The fourth-order valence-electron chi connectivity index (χ4n) is 5.70. The van der Waals surface area contributed by atoms with Crippen LogP contribution >= 0.6 is 0 Å². The van der Waals surface area contributed by atoms with Crippen molar-refractivity contribution in [1.82, 2.24) is 0 Å². The number of hydrogen-bond donors (Lipinski definition) is 1. The summed E-state index contributed by atoms with van der Waals surface area (Å²) in [5.74, 6) is 0.659. The van der Waals surface area contributed by atoms with E-state index in [2.05, 4.69) is 34.3 Å². The van der Waals surface area contributed by atoms with Crippen LogP contribution in [0.3, 0.4) is 0 Å². The van der Waals surface area contributed by atoms with Gasteiger partial charge in [0.05, 0.1) is 6.10 Å². The van der Waals surface area contributed by atoms with Crippen LogP contribution in [0.15, 0.2) is 23.8 Å². The van der Waals surface area contributed by atoms with Gasteiger partial charge < -0.3 is 5.11 Å². The van der Waals surface area contributed by atoms with Gasteiger partial charge in [-0.15, -0.1) is 6.58 Å². The van der Waals surface area contributed by atoms with Gasteiger partial charge in [0.2, 0.25) is 0 Å². The highest BCUT2D eigenvalue weighted by Gasteiger charge is 2.56. The van der Waals surface area contributed by atoms with E-state index < -0.39 is 6.10 Å². The quantitative estimate of drug-likeness (QED) is 0.727. The van der Waals surface area contributed by atoms with Gasteiger partial charge >= 0.3 is 0 Å². The molecule has 3 aliphatic carbocycles. The van der Waals surface area contributed by atoms with E-state index in [4.69, 9.17) is 0 Å². The zero-order chi connectivity index (χ0) is 16.3. The number of carbonyl (C=O) groups is 1. The Balaban J connectivity index is 2.13. The molecule has 0 aromatic carbocycles. The third-order valence-electron chi connectivity index (χ3n) is 6.91. The molecular formula is C20H30O2. The van der Waals surface area contributed by atoms with Gasteiger partial charge in [-0.3, -0.25) is 4.79 Å². The number of aliphatic hydroxyl groups is 1. The lowest BCUT2D eigenvalue weighted by atomic mass is 9.47. The molecule has 4 unspecified atom stereocenters. The van der Waals surface area contributed by atoms with Gasteiger partial charge in [-0.1, -0.05) is 40.2 Å². The van der Waals surface area contributed by atoms with Crippen molar-refractivity contribution in [2.45, 2.75) is 72.3 Å². The van der Waals surface area contributed by atoms with Crippen LogP contribution in [-0.2, 0) is 4.79 Å². The van der Waals surface area contributed by atoms with Crippen molar-refractivity contribution in [2.75, 3.05) is 0 Å². The molecule has 0 aromatic rings. The van der Waals surface area contributed by atoms with Crippen LogP contribution in [0.25, 0.3) is 0 Å². The first kappa shape index (κ1) is 16.0. The van der Waals surface area contributed by atoms with E-state index in [1.165, 1.54) is 12.8 Å². The zero-order valence-electron chi connectivity index (χ0n) is 14.5. The van der Waals surface area contributed by atoms with Crippen molar-refractivity contribution in [1.29, 1.82) is 0 Å². The number of carbonyl (C=O) groups excluding carboxylic acids is 1. The molecule has 0 radical (unpaired) electrons. The number of rotatable bonds is 1. The lowest BCUT2D eigenvalue weighted by Gasteiger charge is -2.57. The highest BCUT2D eigenvalue weighted by atomic mass is 16.3. The second-order valence-electron chi connectivity index (χ2n) is 9.10. The van der Waals surface area contributed by atoms with E-state index in [1.807, 2.05) is 6.08 Å². The molecule has 0 aromatic heterocycles. The molecule has 3 aliphatic rings. The van der Waals surface area contributed by atoms with Gasteiger partial charge in [0.25, 0.3) is 0 Å². The highest BCUT2D eigenvalue weighted by molar-refractivity contribution is 5.99. The number of Topliss-reactive ketones (excluding diaryl/α,β-unsaturated/α-hetero) is 1. The number of hydrogen-bond acceptors (Lipinski definition) is 2. The minimum Gasteiger partial charge on any atom is -0.389 e. The summed E-state index contributed by atoms with van der Waals surface area (Å²) < 4.78 is 0. The first-order valence-corrected chi connectivity index (χ1v) is 8.71. The van der Waals surface area contributed by atoms with E-state index in [-0.39, 0.29) is 22.0 Å². The number of fused-ring (bicyclic) bond motifs is 2. The second-order valence-corrected chi connectivity index (χ2v) is 9.10. The lowest BCUT2D eigenvalue weighted by Crippen LogP contribution is -2.52. The molecule has 0 heterocycles. The third-order valence-corrected chi connectivity index (χ3v) is 6.91. The summed E-state index contributed by atoms with van der Waals surface area (Å²) in [6.45, 7) is 12.9. The summed E-state index contributed by atoms with van der Waals surface area (Å²) in [6.07, 6.45) is 7.06. The normalized spacial score (nSPS) is 44.3. The van der Waals surface area contributed by atoms with Crippen molar-refractivity contribution in [3.63, 3.8) is 0 Å². The van der Waals surface area contributed by atoms with Crippen LogP contribution in [0, 0.1) is 22.2 Å². The fraction of sp³-hybridized carbons (Fsp3) is 0.750. The first-order chi connectivity index (χ1) is 10.1. The minimum atomic E-state index is -0.450. The minimum absolute atomic E-state index is 0.0457. The second kappa shape index (κ2) is 4.80. The monoisotopic (exact) mass is 302 g/mol. The van der Waals surface area contributed by atoms with Gasteiger partial charge in [0.15, 0.2) is 5.78 Å². The van der Waals surface area contributed by atoms with E-state index in [0.29, 0.717) is 12.3 Å². The summed E-state index contributed by atoms with van der Waals surface area (Å²) in [5, 5.41) is 10.8. The molecule has 4 atom stereocenters. The van der Waals surface area contributed by atoms with Gasteiger partial charge in [-0.05, 0) is 53.4 Å². The molecule has 0 bridgehead atoms. The molecule has 0 spiro atoms. The third kappa shape index (κ3) is 2.14. The molecule has 2 nitrogen and oxygen atoms in total. The zero-order valence-corrected chi connectivity index (χ0v) is 14.5. The Kier molecular flexibility index (Phi) is 3.49. The fourth-order valence-corrected chi connectivity index (χ4v) is 5.70. The molecule has 122 valence electrons. The van der Waals surface area contributed by atoms with Gasteiger partial charge in [0.1, 0.15) is 0 Å². The first-order valence-electron chi connectivity index (χ1n) is 8.71. The van der Waals surface area contributed by atoms with Crippen LogP contribution < -0.4 is 0 Å². The molecule has 3 rings (SSSR count). The topological polar surface area (TPSA) is 37.3 Å². The van der Waals surface area contributed by atoms with Crippen LogP contribution in [0.5, 0.6) is 0 Å². The smallest absolute Gasteiger partial charge is 0.160 e. The summed E-state index contributed by atoms with van der Waals surface area (Å²) in [4.78, 5) is 13.0. The van der Waals surface area contributed by atoms with Gasteiger partial charge in [-0.25, -0.2) is 0 Å². The van der Waals surface area contributed by atoms with Crippen molar-refractivity contribution in [3.8, 4) is 0 Å². The molecule has 1 fully saturated rings. The van der Waals surface area contributed by atoms with E-state index >= 15 is 0 Å². The average Bonchev–Trinajstić information content (AvgIpc) is 2.40. The SMILES string of the molecule is C=CC1(C)CC(=O)C2=C(C1)C(O)CC1C(C)(C)CCCC21C. The number of allylic oxidation sites excluding steroid dienone is 2. The Morgan fingerprint density at radius 2 is 1.86 bits per heavy atom. The maximum atomic E-state index is 13.0. The van der Waals surface area contributed by atoms with Crippen LogP contribution in [-0.4, -0.2) is 17.0 Å². The maximum absolute atomic E-state index is 13.0. The Bertz CT molecular complexity index is 556. The molecule has 1 saturated carbocycles. The van der Waals surface area contributed by atoms with Crippen molar-refractivity contribution in [2.24, 2.45) is 22.2 Å². The van der Waals surface area contributed by atoms with Gasteiger partial charge in [0, 0.05) is 12.0 Å². The van der Waals surface area contributed by atoms with Crippen LogP contribution in [0.2, 0.25) is 0 Å². The van der Waals surface area contributed by atoms with Crippen LogP contribution in [0.4, 0.5) is 0 Å². The Labute approximate surface area is 134 Å². The van der Waals surface area contributed by atoms with E-state index in [9.17, 15) is 9.90 Å². The summed E-state index contributed by atoms with van der Waals surface area (Å²) >= 11 is 0. The lowest BCUT2D eigenvalue weighted by molar-refractivity contribution is -0.122. The van der Waals surface area contributed by atoms with Crippen LogP contribution in [0.1, 0.15) is 66.2 Å². The van der Waals surface area contributed by atoms with Crippen molar-refractivity contribution < 1.29 is 9.90 Å². The Hall–Kier alpha value is -0.890. The standard InChI is InChI=1S/C20H30O2/c1-6-19(4)11-13-14(21)10-16-18(2,3)8-7-9-20(16,5)17(13)15(22)12-19/h6,14,16,21H,1,7-12H2,2-5H3. The number of ketones is 1. The average molecular weight is 302 g/mol. The van der Waals surface area contributed by atoms with E-state index in [1.54, 1.807) is 0 Å². The molecule has 22 heavy (non-hydrogen) atoms. The Morgan fingerprint density at radius 1 is 1.18 bits per heavy atom. The summed E-state index contributed by atoms with van der Waals surface area (Å²) in [6, 6.07) is 0. The maximum Gasteiger partial charge on any atom is 0.160 e. The molecular weight excluding hydrogens is 272 g/mol. The van der Waals surface area contributed by atoms with Crippen molar-refractivity contribution >= 4 is 5.78 Å². The van der Waals surface area contributed by atoms with Crippen molar-refractivity contribution in [3.05, 3.63) is 23.8 Å². The largest absolute Gasteiger partial charge is 0.389 e. The predicted octanol–water partition coefficient (Wildman–Crippen LogP) is 4.44. The Morgan fingerprint density at radius 3 is 2.50 bits per heavy atom. The number of aliphatic hydroxyl groups excluding tert-OH is 1. The summed E-state index contributed by atoms with van der Waals surface area (Å²) in [5.41, 5.74) is 1.98. The molecule has 1 N–H and O–H groups in total. The predicted molar refractivity (Wildman–Crippen MR) is 89.4 cm³/mol. The summed E-state index contributed by atoms with van der Waals surface area (Å²) in [7, 11) is 0.